The minimum atomic E-state index is -0.536. The van der Waals surface area contributed by atoms with Crippen LogP contribution in [0.3, 0.4) is 0 Å². The van der Waals surface area contributed by atoms with E-state index in [1.54, 1.807) is 7.11 Å². The number of rotatable bonds is 12. The highest BCUT2D eigenvalue weighted by molar-refractivity contribution is 6.01. The Balaban J connectivity index is 2.14. The maximum absolute atomic E-state index is 11.7. The van der Waals surface area contributed by atoms with Gasteiger partial charge in [0.05, 0.1) is 17.8 Å². The van der Waals surface area contributed by atoms with Crippen LogP contribution in [0.15, 0.2) is 0 Å². The summed E-state index contributed by atoms with van der Waals surface area (Å²) in [5.74, 6) is -1.43. The largest absolute Gasteiger partial charge is 0.379 e. The molecule has 0 aromatic heterocycles. The number of hydrogen-bond acceptors (Lipinski definition) is 6. The Morgan fingerprint density at radius 1 is 0.962 bits per heavy atom. The first-order chi connectivity index (χ1) is 12.1. The average molecular weight is 371 g/mol. The first-order valence-corrected chi connectivity index (χ1v) is 9.32. The summed E-state index contributed by atoms with van der Waals surface area (Å²) in [5.41, 5.74) is -0.409. The lowest BCUT2D eigenvalue weighted by Crippen LogP contribution is -2.32. The smallest absolute Gasteiger partial charge is 0.333 e. The molecule has 1 rings (SSSR count). The van der Waals surface area contributed by atoms with E-state index in [1.165, 1.54) is 0 Å². The molecule has 0 aromatic rings. The minimum absolute atomic E-state index is 0.114. The zero-order valence-corrected chi connectivity index (χ0v) is 16.8. The molecule has 0 spiro atoms. The van der Waals surface area contributed by atoms with Gasteiger partial charge in [0.15, 0.2) is 0 Å². The molecule has 1 aliphatic rings. The summed E-state index contributed by atoms with van der Waals surface area (Å²) in [6, 6.07) is 0. The highest BCUT2D eigenvalue weighted by Gasteiger charge is 2.32. The summed E-state index contributed by atoms with van der Waals surface area (Å²) in [6.07, 6.45) is 4.57. The quantitative estimate of drug-likeness (QED) is 0.387. The lowest BCUT2D eigenvalue weighted by Gasteiger charge is -2.29. The van der Waals surface area contributed by atoms with Crippen molar-refractivity contribution in [3.8, 4) is 0 Å². The SMILES string of the molecule is COC(C)(C)CCOC(C)(C)CCCCCC(=O)ON1C(=O)CCC1=O. The predicted octanol–water partition coefficient (Wildman–Crippen LogP) is 3.15. The summed E-state index contributed by atoms with van der Waals surface area (Å²) in [7, 11) is 1.70. The van der Waals surface area contributed by atoms with Crippen molar-refractivity contribution < 1.29 is 28.7 Å². The topological polar surface area (TPSA) is 82.1 Å². The third kappa shape index (κ3) is 8.27. The summed E-state index contributed by atoms with van der Waals surface area (Å²) in [6.45, 7) is 8.83. The third-order valence-electron chi connectivity index (χ3n) is 4.61. The molecule has 1 heterocycles. The number of carbonyl (C=O) groups is 3. The molecule has 7 heteroatoms. The fourth-order valence-electron chi connectivity index (χ4n) is 2.55. The van der Waals surface area contributed by atoms with E-state index in [9.17, 15) is 14.4 Å². The second kappa shape index (κ2) is 10.0. The number of methoxy groups -OCH3 is 1. The highest BCUT2D eigenvalue weighted by Crippen LogP contribution is 2.22. The van der Waals surface area contributed by atoms with Crippen molar-refractivity contribution in [2.24, 2.45) is 0 Å². The highest BCUT2D eigenvalue weighted by atomic mass is 16.7. The van der Waals surface area contributed by atoms with Crippen molar-refractivity contribution in [3.63, 3.8) is 0 Å². The Morgan fingerprint density at radius 2 is 1.58 bits per heavy atom. The van der Waals surface area contributed by atoms with E-state index in [1.807, 2.05) is 13.8 Å². The van der Waals surface area contributed by atoms with Gasteiger partial charge in [-0.2, -0.15) is 0 Å². The van der Waals surface area contributed by atoms with E-state index < -0.39 is 17.8 Å². The maximum atomic E-state index is 11.7. The fraction of sp³-hybridized carbons (Fsp3) is 0.842. The molecule has 0 unspecified atom stereocenters. The van der Waals surface area contributed by atoms with Gasteiger partial charge in [0.2, 0.25) is 0 Å². The first kappa shape index (κ1) is 22.6. The second-order valence-corrected chi connectivity index (χ2v) is 7.93. The van der Waals surface area contributed by atoms with Crippen LogP contribution in [0.4, 0.5) is 0 Å². The van der Waals surface area contributed by atoms with Crippen LogP contribution in [0.25, 0.3) is 0 Å². The van der Waals surface area contributed by atoms with Crippen LogP contribution < -0.4 is 0 Å². The summed E-state index contributed by atoms with van der Waals surface area (Å²) in [5, 5.41) is 0.598. The molecule has 0 aliphatic carbocycles. The van der Waals surface area contributed by atoms with Gasteiger partial charge in [-0.3, -0.25) is 9.59 Å². The van der Waals surface area contributed by atoms with Gasteiger partial charge < -0.3 is 14.3 Å². The van der Waals surface area contributed by atoms with E-state index in [0.29, 0.717) is 18.1 Å². The number of ether oxygens (including phenoxy) is 2. The lowest BCUT2D eigenvalue weighted by molar-refractivity contribution is -0.197. The summed E-state index contributed by atoms with van der Waals surface area (Å²) in [4.78, 5) is 39.3. The first-order valence-electron chi connectivity index (χ1n) is 9.32. The molecule has 0 saturated carbocycles. The molecule has 0 atom stereocenters. The monoisotopic (exact) mass is 371 g/mol. The predicted molar refractivity (Wildman–Crippen MR) is 96.0 cm³/mol. The molecule has 0 radical (unpaired) electrons. The lowest BCUT2D eigenvalue weighted by atomic mass is 9.99. The van der Waals surface area contributed by atoms with Crippen molar-refractivity contribution in [3.05, 3.63) is 0 Å². The molecule has 150 valence electrons. The molecule has 0 bridgehead atoms. The van der Waals surface area contributed by atoms with E-state index in [4.69, 9.17) is 14.3 Å². The third-order valence-corrected chi connectivity index (χ3v) is 4.61. The molecule has 0 N–H and O–H groups in total. The molecule has 2 amide bonds. The number of amides is 2. The number of imide groups is 1. The summed E-state index contributed by atoms with van der Waals surface area (Å²) < 4.78 is 11.3. The van der Waals surface area contributed by atoms with Crippen LogP contribution in [0, 0.1) is 0 Å². The number of hydroxylamine groups is 2. The second-order valence-electron chi connectivity index (χ2n) is 7.93. The van der Waals surface area contributed by atoms with Gasteiger partial charge >= 0.3 is 5.97 Å². The maximum Gasteiger partial charge on any atom is 0.333 e. The van der Waals surface area contributed by atoms with Gasteiger partial charge in [-0.15, -0.1) is 5.06 Å². The van der Waals surface area contributed by atoms with Gasteiger partial charge in [0.25, 0.3) is 11.8 Å². The zero-order valence-electron chi connectivity index (χ0n) is 16.8. The number of unbranched alkanes of at least 4 members (excludes halogenated alkanes) is 2. The Hall–Kier alpha value is -1.47. The zero-order chi connectivity index (χ0) is 19.8. The van der Waals surface area contributed by atoms with Crippen molar-refractivity contribution in [1.29, 1.82) is 0 Å². The van der Waals surface area contributed by atoms with Crippen molar-refractivity contribution in [2.45, 2.75) is 90.3 Å². The normalized spacial score (nSPS) is 15.7. The number of nitrogens with zero attached hydrogens (tertiary/aromatic N) is 1. The van der Waals surface area contributed by atoms with Crippen molar-refractivity contribution in [1.82, 2.24) is 5.06 Å². The van der Waals surface area contributed by atoms with E-state index in [2.05, 4.69) is 13.8 Å². The van der Waals surface area contributed by atoms with Crippen molar-refractivity contribution in [2.75, 3.05) is 13.7 Å². The fourth-order valence-corrected chi connectivity index (χ4v) is 2.55. The van der Waals surface area contributed by atoms with E-state index in [-0.39, 0.29) is 30.5 Å². The van der Waals surface area contributed by atoms with Crippen LogP contribution >= 0.6 is 0 Å². The van der Waals surface area contributed by atoms with Gasteiger partial charge in [0.1, 0.15) is 0 Å². The van der Waals surface area contributed by atoms with E-state index in [0.717, 1.165) is 25.7 Å². The van der Waals surface area contributed by atoms with Crippen molar-refractivity contribution >= 4 is 17.8 Å². The van der Waals surface area contributed by atoms with Gasteiger partial charge in [-0.1, -0.05) is 12.8 Å². The Labute approximate surface area is 156 Å². The Kier molecular flexibility index (Phi) is 8.70. The Morgan fingerprint density at radius 3 is 2.15 bits per heavy atom. The molecule has 26 heavy (non-hydrogen) atoms. The van der Waals surface area contributed by atoms with Crippen LogP contribution in [0.5, 0.6) is 0 Å². The molecule has 1 saturated heterocycles. The van der Waals surface area contributed by atoms with Crippen LogP contribution in [0.2, 0.25) is 0 Å². The molecular formula is C19H33NO6. The molecule has 1 aliphatic heterocycles. The van der Waals surface area contributed by atoms with Gasteiger partial charge in [-0.25, -0.2) is 4.79 Å². The Bertz CT molecular complexity index is 484. The molecule has 1 fully saturated rings. The van der Waals surface area contributed by atoms with Gasteiger partial charge in [0, 0.05) is 26.4 Å². The van der Waals surface area contributed by atoms with Crippen LogP contribution in [-0.4, -0.2) is 47.8 Å². The van der Waals surface area contributed by atoms with Crippen LogP contribution in [-0.2, 0) is 28.7 Å². The average Bonchev–Trinajstić information content (AvgIpc) is 2.86. The number of carbonyl (C=O) groups excluding carboxylic acids is 3. The minimum Gasteiger partial charge on any atom is -0.379 e. The van der Waals surface area contributed by atoms with Crippen LogP contribution in [0.1, 0.15) is 79.1 Å². The molecule has 7 nitrogen and oxygen atoms in total. The molecular weight excluding hydrogens is 338 g/mol. The number of hydrogen-bond donors (Lipinski definition) is 0. The molecule has 0 aromatic carbocycles. The standard InChI is InChI=1S/C19H33NO6/c1-18(2,24-5)13-14-25-19(3,4)12-8-6-7-9-17(23)26-20-15(21)10-11-16(20)22/h6-14H2,1-5H3. The van der Waals surface area contributed by atoms with E-state index >= 15 is 0 Å². The van der Waals surface area contributed by atoms with Gasteiger partial charge in [-0.05, 0) is 47.0 Å². The summed E-state index contributed by atoms with van der Waals surface area (Å²) >= 11 is 0.